The lowest BCUT2D eigenvalue weighted by atomic mass is 10.2. The molecule has 16 heavy (non-hydrogen) atoms. The lowest BCUT2D eigenvalue weighted by Crippen LogP contribution is -2.41. The molecule has 1 amide bonds. The Bertz CT molecular complexity index is 509. The number of halogens is 1. The predicted molar refractivity (Wildman–Crippen MR) is 60.7 cm³/mol. The van der Waals surface area contributed by atoms with Crippen LogP contribution in [0.4, 0.5) is 0 Å². The SMILES string of the molecule is O=C1CCS(=O)(=O)C(c2ccc(Cl)cc2)N1. The number of carbonyl (C=O) groups excluding carboxylic acids is 1. The van der Waals surface area contributed by atoms with Crippen LogP contribution in [0, 0.1) is 0 Å². The zero-order valence-corrected chi connectivity index (χ0v) is 9.88. The fourth-order valence-corrected chi connectivity index (χ4v) is 3.30. The van der Waals surface area contributed by atoms with E-state index in [1.54, 1.807) is 24.3 Å². The van der Waals surface area contributed by atoms with Gasteiger partial charge in [0.05, 0.1) is 5.75 Å². The molecule has 0 bridgehead atoms. The van der Waals surface area contributed by atoms with E-state index in [-0.39, 0.29) is 18.1 Å². The number of carbonyl (C=O) groups is 1. The first-order chi connectivity index (χ1) is 7.49. The molecule has 4 nitrogen and oxygen atoms in total. The van der Waals surface area contributed by atoms with Crippen molar-refractivity contribution in [3.8, 4) is 0 Å². The topological polar surface area (TPSA) is 63.2 Å². The Labute approximate surface area is 98.5 Å². The smallest absolute Gasteiger partial charge is 0.222 e. The number of sulfone groups is 1. The summed E-state index contributed by atoms with van der Waals surface area (Å²) < 4.78 is 23.5. The summed E-state index contributed by atoms with van der Waals surface area (Å²) in [4.78, 5) is 11.2. The highest BCUT2D eigenvalue weighted by Gasteiger charge is 2.33. The molecule has 1 unspecified atom stereocenters. The lowest BCUT2D eigenvalue weighted by molar-refractivity contribution is -0.121. The summed E-state index contributed by atoms with van der Waals surface area (Å²) >= 11 is 5.71. The van der Waals surface area contributed by atoms with Gasteiger partial charge in [-0.1, -0.05) is 23.7 Å². The van der Waals surface area contributed by atoms with Crippen LogP contribution in [0.5, 0.6) is 0 Å². The summed E-state index contributed by atoms with van der Waals surface area (Å²) in [6, 6.07) is 6.42. The van der Waals surface area contributed by atoms with Crippen LogP contribution >= 0.6 is 11.6 Å². The lowest BCUT2D eigenvalue weighted by Gasteiger charge is -2.23. The quantitative estimate of drug-likeness (QED) is 0.826. The third-order valence-corrected chi connectivity index (χ3v) is 4.57. The number of benzene rings is 1. The van der Waals surface area contributed by atoms with E-state index in [0.29, 0.717) is 10.6 Å². The number of hydrogen-bond donors (Lipinski definition) is 1. The molecule has 1 N–H and O–H groups in total. The number of hydrogen-bond acceptors (Lipinski definition) is 3. The maximum Gasteiger partial charge on any atom is 0.222 e. The van der Waals surface area contributed by atoms with Gasteiger partial charge in [0, 0.05) is 11.4 Å². The van der Waals surface area contributed by atoms with Crippen LogP contribution in [-0.4, -0.2) is 20.1 Å². The van der Waals surface area contributed by atoms with Crippen LogP contribution in [0.15, 0.2) is 24.3 Å². The maximum absolute atomic E-state index is 11.8. The summed E-state index contributed by atoms with van der Waals surface area (Å²) in [5.74, 6) is -0.346. The minimum Gasteiger partial charge on any atom is -0.336 e. The molecule has 2 rings (SSSR count). The van der Waals surface area contributed by atoms with Crippen LogP contribution in [0.3, 0.4) is 0 Å². The van der Waals surface area contributed by atoms with E-state index in [1.807, 2.05) is 0 Å². The second-order valence-electron chi connectivity index (χ2n) is 3.62. The number of amides is 1. The van der Waals surface area contributed by atoms with Crippen molar-refractivity contribution in [3.63, 3.8) is 0 Å². The molecule has 1 aromatic rings. The Hall–Kier alpha value is -1.07. The molecule has 1 aromatic carbocycles. The standard InChI is InChI=1S/C10H10ClNO3S/c11-8-3-1-7(2-4-8)10-12-9(13)5-6-16(10,14)15/h1-4,10H,5-6H2,(H,12,13). The zero-order valence-electron chi connectivity index (χ0n) is 8.31. The molecule has 86 valence electrons. The summed E-state index contributed by atoms with van der Waals surface area (Å²) in [5, 5.41) is 2.06. The third-order valence-electron chi connectivity index (χ3n) is 2.44. The molecule has 1 atom stereocenters. The molecule has 0 aromatic heterocycles. The second-order valence-corrected chi connectivity index (χ2v) is 6.26. The zero-order chi connectivity index (χ0) is 11.8. The van der Waals surface area contributed by atoms with E-state index in [9.17, 15) is 13.2 Å². The minimum absolute atomic E-state index is 0.0341. The first-order valence-corrected chi connectivity index (χ1v) is 6.85. The van der Waals surface area contributed by atoms with E-state index < -0.39 is 15.2 Å². The van der Waals surface area contributed by atoms with Crippen molar-refractivity contribution in [1.29, 1.82) is 0 Å². The van der Waals surface area contributed by atoms with Crippen molar-refractivity contribution >= 4 is 27.3 Å². The molecule has 6 heteroatoms. The summed E-state index contributed by atoms with van der Waals surface area (Å²) in [5.41, 5.74) is 0.539. The van der Waals surface area contributed by atoms with Crippen LogP contribution in [0.25, 0.3) is 0 Å². The minimum atomic E-state index is -3.30. The van der Waals surface area contributed by atoms with Gasteiger partial charge in [-0.3, -0.25) is 4.79 Å². The highest BCUT2D eigenvalue weighted by Crippen LogP contribution is 2.25. The average molecular weight is 260 g/mol. The number of nitrogens with one attached hydrogen (secondary N) is 1. The molecule has 1 aliphatic rings. The number of rotatable bonds is 1. The van der Waals surface area contributed by atoms with E-state index in [1.165, 1.54) is 0 Å². The molecule has 0 spiro atoms. The van der Waals surface area contributed by atoms with Crippen molar-refractivity contribution in [1.82, 2.24) is 5.32 Å². The van der Waals surface area contributed by atoms with Gasteiger partial charge in [0.1, 0.15) is 0 Å². The molecular formula is C10H10ClNO3S. The monoisotopic (exact) mass is 259 g/mol. The molecule has 0 radical (unpaired) electrons. The molecule has 1 saturated heterocycles. The first kappa shape index (κ1) is 11.4. The van der Waals surface area contributed by atoms with Gasteiger partial charge >= 0.3 is 0 Å². The fraction of sp³-hybridized carbons (Fsp3) is 0.300. The molecule has 1 heterocycles. The maximum atomic E-state index is 11.8. The van der Waals surface area contributed by atoms with Gasteiger partial charge in [0.25, 0.3) is 0 Å². The van der Waals surface area contributed by atoms with Gasteiger partial charge < -0.3 is 5.32 Å². The highest BCUT2D eigenvalue weighted by molar-refractivity contribution is 7.91. The Morgan fingerprint density at radius 1 is 1.25 bits per heavy atom. The Balaban J connectivity index is 2.37. The Morgan fingerprint density at radius 3 is 2.50 bits per heavy atom. The van der Waals surface area contributed by atoms with Crippen molar-refractivity contribution < 1.29 is 13.2 Å². The second kappa shape index (κ2) is 4.07. The van der Waals surface area contributed by atoms with Crippen LogP contribution in [0.1, 0.15) is 17.4 Å². The largest absolute Gasteiger partial charge is 0.336 e. The van der Waals surface area contributed by atoms with Crippen molar-refractivity contribution in [2.45, 2.75) is 11.8 Å². The van der Waals surface area contributed by atoms with Crippen LogP contribution < -0.4 is 5.32 Å². The molecule has 1 aliphatic heterocycles. The molecular weight excluding hydrogens is 250 g/mol. The normalized spacial score (nSPS) is 23.8. The van der Waals surface area contributed by atoms with Gasteiger partial charge in [-0.05, 0) is 17.7 Å². The van der Waals surface area contributed by atoms with Gasteiger partial charge in [-0.2, -0.15) is 0 Å². The fourth-order valence-electron chi connectivity index (χ4n) is 1.59. The molecule has 1 fully saturated rings. The summed E-state index contributed by atoms with van der Waals surface area (Å²) in [6.45, 7) is 0. The molecule has 0 saturated carbocycles. The van der Waals surface area contributed by atoms with Gasteiger partial charge in [0.2, 0.25) is 5.91 Å². The average Bonchev–Trinajstić information content (AvgIpc) is 2.23. The molecule has 0 aliphatic carbocycles. The van der Waals surface area contributed by atoms with Crippen molar-refractivity contribution in [2.75, 3.05) is 5.75 Å². The van der Waals surface area contributed by atoms with Crippen LogP contribution in [0.2, 0.25) is 5.02 Å². The summed E-state index contributed by atoms with van der Waals surface area (Å²) in [6.07, 6.45) is 0.0341. The Morgan fingerprint density at radius 2 is 1.88 bits per heavy atom. The van der Waals surface area contributed by atoms with E-state index in [0.717, 1.165) is 0 Å². The first-order valence-electron chi connectivity index (χ1n) is 4.75. The van der Waals surface area contributed by atoms with Gasteiger partial charge in [-0.25, -0.2) is 8.42 Å². The van der Waals surface area contributed by atoms with Gasteiger partial charge in [-0.15, -0.1) is 0 Å². The predicted octanol–water partition coefficient (Wildman–Crippen LogP) is 1.27. The highest BCUT2D eigenvalue weighted by atomic mass is 35.5. The van der Waals surface area contributed by atoms with E-state index in [4.69, 9.17) is 11.6 Å². The van der Waals surface area contributed by atoms with Gasteiger partial charge in [0.15, 0.2) is 15.2 Å². The van der Waals surface area contributed by atoms with Crippen LogP contribution in [-0.2, 0) is 14.6 Å². The van der Waals surface area contributed by atoms with E-state index in [2.05, 4.69) is 5.32 Å². The Kier molecular flexibility index (Phi) is 2.90. The summed E-state index contributed by atoms with van der Waals surface area (Å²) in [7, 11) is -3.30. The third kappa shape index (κ3) is 2.20. The van der Waals surface area contributed by atoms with Crippen molar-refractivity contribution in [3.05, 3.63) is 34.9 Å². The van der Waals surface area contributed by atoms with E-state index >= 15 is 0 Å². The van der Waals surface area contributed by atoms with Crippen molar-refractivity contribution in [2.24, 2.45) is 0 Å².